The maximum atomic E-state index is 13.3. The fraction of sp³-hybridized carbons (Fsp3) is 0.500. The van der Waals surface area contributed by atoms with Gasteiger partial charge in [0.1, 0.15) is 5.82 Å². The number of nitrogens with one attached hydrogen (secondary N) is 1. The first kappa shape index (κ1) is 19.7. The zero-order valence-corrected chi connectivity index (χ0v) is 15.7. The fourth-order valence-electron chi connectivity index (χ4n) is 3.26. The molecule has 2 aromatic heterocycles. The van der Waals surface area contributed by atoms with E-state index in [0.29, 0.717) is 17.7 Å². The van der Waals surface area contributed by atoms with E-state index in [0.717, 1.165) is 25.3 Å². The third kappa shape index (κ3) is 5.03. The SMILES string of the molecule is CCS(=O)C1CCCC(Nc2cc(C(F)(F)F)nc(-c3ccncc3)n2)C1. The zero-order valence-electron chi connectivity index (χ0n) is 14.9. The van der Waals surface area contributed by atoms with Crippen molar-refractivity contribution in [3.8, 4) is 11.4 Å². The molecule has 0 saturated heterocycles. The Morgan fingerprint density at radius 3 is 2.63 bits per heavy atom. The number of anilines is 1. The number of rotatable bonds is 5. The molecule has 2 heterocycles. The predicted octanol–water partition coefficient (Wildman–Crippen LogP) is 4.05. The summed E-state index contributed by atoms with van der Waals surface area (Å²) in [6, 6.07) is 4.02. The molecule has 1 aliphatic carbocycles. The Balaban J connectivity index is 1.87. The van der Waals surface area contributed by atoms with Crippen molar-refractivity contribution < 1.29 is 17.4 Å². The van der Waals surface area contributed by atoms with Gasteiger partial charge in [-0.25, -0.2) is 9.97 Å². The molecule has 0 radical (unpaired) electrons. The molecule has 1 N–H and O–H groups in total. The van der Waals surface area contributed by atoms with Crippen molar-refractivity contribution in [2.75, 3.05) is 11.1 Å². The molecular weight excluding hydrogens is 377 g/mol. The van der Waals surface area contributed by atoms with Crippen LogP contribution in [0.25, 0.3) is 11.4 Å². The molecular formula is C18H21F3N4OS. The Morgan fingerprint density at radius 2 is 1.96 bits per heavy atom. The monoisotopic (exact) mass is 398 g/mol. The second kappa shape index (κ2) is 8.33. The minimum atomic E-state index is -4.57. The average Bonchev–Trinajstić information content (AvgIpc) is 2.67. The molecule has 2 aromatic rings. The van der Waals surface area contributed by atoms with Gasteiger partial charge in [-0.05, 0) is 31.4 Å². The second-order valence-corrected chi connectivity index (χ2v) is 8.50. The molecule has 3 unspecified atom stereocenters. The van der Waals surface area contributed by atoms with E-state index in [4.69, 9.17) is 0 Å². The summed E-state index contributed by atoms with van der Waals surface area (Å²) in [7, 11) is -0.904. The van der Waals surface area contributed by atoms with E-state index in [-0.39, 0.29) is 22.9 Å². The topological polar surface area (TPSA) is 67.8 Å². The lowest BCUT2D eigenvalue weighted by molar-refractivity contribution is -0.141. The molecule has 9 heteroatoms. The van der Waals surface area contributed by atoms with Crippen molar-refractivity contribution in [2.24, 2.45) is 0 Å². The molecule has 5 nitrogen and oxygen atoms in total. The summed E-state index contributed by atoms with van der Waals surface area (Å²) in [6.45, 7) is 1.88. The molecule has 0 amide bonds. The van der Waals surface area contributed by atoms with Crippen molar-refractivity contribution in [1.82, 2.24) is 15.0 Å². The number of halogens is 3. The van der Waals surface area contributed by atoms with E-state index >= 15 is 0 Å². The maximum Gasteiger partial charge on any atom is 0.433 e. The summed E-state index contributed by atoms with van der Waals surface area (Å²) < 4.78 is 51.9. The third-order valence-electron chi connectivity index (χ3n) is 4.59. The maximum absolute atomic E-state index is 13.3. The van der Waals surface area contributed by atoms with Gasteiger partial charge in [-0.1, -0.05) is 13.3 Å². The van der Waals surface area contributed by atoms with Gasteiger partial charge in [0.2, 0.25) is 0 Å². The second-order valence-electron chi connectivity index (χ2n) is 6.49. The molecule has 1 fully saturated rings. The lowest BCUT2D eigenvalue weighted by Crippen LogP contribution is -2.33. The van der Waals surface area contributed by atoms with E-state index in [2.05, 4.69) is 20.3 Å². The number of alkyl halides is 3. The molecule has 0 aromatic carbocycles. The molecule has 146 valence electrons. The summed E-state index contributed by atoms with van der Waals surface area (Å²) >= 11 is 0. The van der Waals surface area contributed by atoms with Crippen molar-refractivity contribution >= 4 is 16.6 Å². The normalized spacial score (nSPS) is 21.6. The van der Waals surface area contributed by atoms with Crippen LogP contribution in [-0.4, -0.2) is 36.2 Å². The van der Waals surface area contributed by atoms with Crippen LogP contribution in [0.1, 0.15) is 38.3 Å². The highest BCUT2D eigenvalue weighted by molar-refractivity contribution is 7.85. The van der Waals surface area contributed by atoms with Crippen LogP contribution < -0.4 is 5.32 Å². The highest BCUT2D eigenvalue weighted by Gasteiger charge is 2.34. The molecule has 1 saturated carbocycles. The lowest BCUT2D eigenvalue weighted by Gasteiger charge is -2.29. The van der Waals surface area contributed by atoms with E-state index in [1.165, 1.54) is 12.4 Å². The Kier molecular flexibility index (Phi) is 6.08. The van der Waals surface area contributed by atoms with E-state index in [9.17, 15) is 17.4 Å². The van der Waals surface area contributed by atoms with Gasteiger partial charge in [0.25, 0.3) is 0 Å². The van der Waals surface area contributed by atoms with Crippen LogP contribution in [0.15, 0.2) is 30.6 Å². The van der Waals surface area contributed by atoms with Crippen LogP contribution in [0, 0.1) is 0 Å². The number of hydrogen-bond acceptors (Lipinski definition) is 5. The number of nitrogens with zero attached hydrogens (tertiary/aromatic N) is 3. The van der Waals surface area contributed by atoms with Crippen LogP contribution in [-0.2, 0) is 17.0 Å². The van der Waals surface area contributed by atoms with Gasteiger partial charge in [0, 0.05) is 51.9 Å². The van der Waals surface area contributed by atoms with Gasteiger partial charge < -0.3 is 5.32 Å². The van der Waals surface area contributed by atoms with Crippen LogP contribution in [0.4, 0.5) is 19.0 Å². The Labute approximate surface area is 158 Å². The summed E-state index contributed by atoms with van der Waals surface area (Å²) in [5.41, 5.74) is -0.524. The van der Waals surface area contributed by atoms with Crippen molar-refractivity contribution in [3.05, 3.63) is 36.3 Å². The summed E-state index contributed by atoms with van der Waals surface area (Å²) in [6.07, 6.45) is 1.65. The molecule has 0 aliphatic heterocycles. The number of pyridine rings is 1. The van der Waals surface area contributed by atoms with Crippen LogP contribution in [0.5, 0.6) is 0 Å². The van der Waals surface area contributed by atoms with Gasteiger partial charge >= 0.3 is 6.18 Å². The molecule has 0 bridgehead atoms. The molecule has 0 spiro atoms. The van der Waals surface area contributed by atoms with Gasteiger partial charge in [0.15, 0.2) is 11.5 Å². The first-order valence-corrected chi connectivity index (χ1v) is 10.3. The van der Waals surface area contributed by atoms with E-state index in [1.54, 1.807) is 12.1 Å². The fourth-order valence-corrected chi connectivity index (χ4v) is 4.60. The highest BCUT2D eigenvalue weighted by atomic mass is 32.2. The largest absolute Gasteiger partial charge is 0.433 e. The first-order chi connectivity index (χ1) is 12.9. The van der Waals surface area contributed by atoms with Crippen molar-refractivity contribution in [1.29, 1.82) is 0 Å². The Hall–Kier alpha value is -2.03. The molecule has 27 heavy (non-hydrogen) atoms. The molecule has 1 aliphatic rings. The summed E-state index contributed by atoms with van der Waals surface area (Å²) in [4.78, 5) is 11.8. The summed E-state index contributed by atoms with van der Waals surface area (Å²) in [5, 5.41) is 3.19. The number of aromatic nitrogens is 3. The third-order valence-corrected chi connectivity index (χ3v) is 6.33. The summed E-state index contributed by atoms with van der Waals surface area (Å²) in [5.74, 6) is 0.728. The van der Waals surface area contributed by atoms with Crippen LogP contribution in [0.2, 0.25) is 0 Å². The molecule has 3 atom stereocenters. The lowest BCUT2D eigenvalue weighted by atomic mass is 9.95. The predicted molar refractivity (Wildman–Crippen MR) is 98.6 cm³/mol. The first-order valence-electron chi connectivity index (χ1n) is 8.87. The zero-order chi connectivity index (χ0) is 19.4. The van der Waals surface area contributed by atoms with Crippen molar-refractivity contribution in [2.45, 2.75) is 50.1 Å². The van der Waals surface area contributed by atoms with Gasteiger partial charge in [0.05, 0.1) is 0 Å². The molecule has 3 rings (SSSR count). The van der Waals surface area contributed by atoms with Crippen molar-refractivity contribution in [3.63, 3.8) is 0 Å². The smallest absolute Gasteiger partial charge is 0.367 e. The minimum Gasteiger partial charge on any atom is -0.367 e. The van der Waals surface area contributed by atoms with Gasteiger partial charge in [-0.3, -0.25) is 9.19 Å². The Bertz CT molecular complexity index is 801. The Morgan fingerprint density at radius 1 is 1.22 bits per heavy atom. The van der Waals surface area contributed by atoms with Gasteiger partial charge in [-0.15, -0.1) is 0 Å². The van der Waals surface area contributed by atoms with Crippen LogP contribution >= 0.6 is 0 Å². The number of hydrogen-bond donors (Lipinski definition) is 1. The standard InChI is InChI=1S/C18H21F3N4OS/c1-2-27(26)14-5-3-4-13(10-14)23-16-11-15(18(19,20)21)24-17(25-16)12-6-8-22-9-7-12/h6-9,11,13-14H,2-5,10H2,1H3,(H,23,24,25). The van der Waals surface area contributed by atoms with Crippen LogP contribution in [0.3, 0.4) is 0 Å². The quantitative estimate of drug-likeness (QED) is 0.823. The highest BCUT2D eigenvalue weighted by Crippen LogP contribution is 2.32. The minimum absolute atomic E-state index is 0.000723. The van der Waals surface area contributed by atoms with E-state index < -0.39 is 22.7 Å². The van der Waals surface area contributed by atoms with Gasteiger partial charge in [-0.2, -0.15) is 13.2 Å². The van der Waals surface area contributed by atoms with E-state index in [1.807, 2.05) is 6.92 Å². The average molecular weight is 398 g/mol.